The van der Waals surface area contributed by atoms with Crippen LogP contribution in [0.1, 0.15) is 27.7 Å². The number of benzene rings is 1. The van der Waals surface area contributed by atoms with Crippen molar-refractivity contribution in [3.8, 4) is 11.3 Å². The van der Waals surface area contributed by atoms with E-state index in [4.69, 9.17) is 9.31 Å². The van der Waals surface area contributed by atoms with E-state index in [1.807, 2.05) is 45.9 Å². The van der Waals surface area contributed by atoms with Crippen LogP contribution in [-0.4, -0.2) is 23.3 Å². The van der Waals surface area contributed by atoms with Crippen molar-refractivity contribution in [3.05, 3.63) is 48.4 Å². The van der Waals surface area contributed by atoms with E-state index in [0.717, 1.165) is 5.46 Å². The summed E-state index contributed by atoms with van der Waals surface area (Å²) in [5.41, 5.74) is 1.36. The molecule has 5 heteroatoms. The molecule has 0 N–H and O–H groups in total. The lowest BCUT2D eigenvalue weighted by Crippen LogP contribution is -2.41. The predicted octanol–water partition coefficient (Wildman–Crippen LogP) is 3.19. The number of rotatable bonds is 2. The molecule has 0 spiro atoms. The number of nitrogens with zero attached hydrogens (tertiary/aromatic N) is 1. The highest BCUT2D eigenvalue weighted by atomic mass is 19.1. The van der Waals surface area contributed by atoms with Gasteiger partial charge in [0.15, 0.2) is 0 Å². The Morgan fingerprint density at radius 3 is 2.32 bits per heavy atom. The van der Waals surface area contributed by atoms with E-state index in [9.17, 15) is 4.39 Å². The van der Waals surface area contributed by atoms with Crippen molar-refractivity contribution in [2.45, 2.75) is 38.9 Å². The molecule has 0 amide bonds. The summed E-state index contributed by atoms with van der Waals surface area (Å²) in [4.78, 5) is 4.40. The summed E-state index contributed by atoms with van der Waals surface area (Å²) in [5, 5.41) is 0. The summed E-state index contributed by atoms with van der Waals surface area (Å²) < 4.78 is 25.7. The standard InChI is InChI=1S/C17H19BFNO2/c1-16(2)17(3,4)22-18(21-16)14-9-6-10-20-15(14)12-7-5-8-13(19)11-12/h5-11H,1-4H3. The average molecular weight is 299 g/mol. The number of hydrogen-bond donors (Lipinski definition) is 0. The number of hydrogen-bond acceptors (Lipinski definition) is 3. The number of aromatic nitrogens is 1. The highest BCUT2D eigenvalue weighted by Gasteiger charge is 2.52. The highest BCUT2D eigenvalue weighted by Crippen LogP contribution is 2.37. The van der Waals surface area contributed by atoms with Gasteiger partial charge in [-0.3, -0.25) is 4.98 Å². The first-order chi connectivity index (χ1) is 10.3. The molecular weight excluding hydrogens is 280 g/mol. The minimum absolute atomic E-state index is 0.289. The van der Waals surface area contributed by atoms with E-state index < -0.39 is 18.3 Å². The second kappa shape index (κ2) is 5.18. The lowest BCUT2D eigenvalue weighted by Gasteiger charge is -2.32. The van der Waals surface area contributed by atoms with Gasteiger partial charge in [-0.2, -0.15) is 0 Å². The van der Waals surface area contributed by atoms with E-state index >= 15 is 0 Å². The Labute approximate surface area is 130 Å². The van der Waals surface area contributed by atoms with Crippen LogP contribution < -0.4 is 5.46 Å². The van der Waals surface area contributed by atoms with Crippen molar-refractivity contribution < 1.29 is 13.7 Å². The molecule has 0 saturated carbocycles. The molecule has 1 fully saturated rings. The van der Waals surface area contributed by atoms with Crippen LogP contribution in [0.25, 0.3) is 11.3 Å². The highest BCUT2D eigenvalue weighted by molar-refractivity contribution is 6.63. The van der Waals surface area contributed by atoms with Crippen molar-refractivity contribution in [3.63, 3.8) is 0 Å². The lowest BCUT2D eigenvalue weighted by atomic mass is 9.76. The van der Waals surface area contributed by atoms with Crippen LogP contribution in [-0.2, 0) is 9.31 Å². The first-order valence-electron chi connectivity index (χ1n) is 7.37. The summed E-state index contributed by atoms with van der Waals surface area (Å²) in [7, 11) is -0.517. The van der Waals surface area contributed by atoms with Crippen LogP contribution in [0, 0.1) is 5.82 Å². The van der Waals surface area contributed by atoms with Crippen LogP contribution in [0.2, 0.25) is 0 Å². The lowest BCUT2D eigenvalue weighted by molar-refractivity contribution is 0.00578. The molecule has 2 aromatic rings. The first kappa shape index (κ1) is 15.2. The van der Waals surface area contributed by atoms with Crippen molar-refractivity contribution in [2.75, 3.05) is 0 Å². The third-order valence-electron chi connectivity index (χ3n) is 4.44. The van der Waals surface area contributed by atoms with E-state index in [2.05, 4.69) is 4.98 Å². The molecule has 3 nitrogen and oxygen atoms in total. The SMILES string of the molecule is CC1(C)OB(c2cccnc2-c2cccc(F)c2)OC1(C)C. The maximum Gasteiger partial charge on any atom is 0.497 e. The van der Waals surface area contributed by atoms with E-state index in [0.29, 0.717) is 11.3 Å². The molecule has 114 valence electrons. The maximum absolute atomic E-state index is 13.5. The van der Waals surface area contributed by atoms with E-state index in [1.165, 1.54) is 12.1 Å². The topological polar surface area (TPSA) is 31.4 Å². The molecule has 0 unspecified atom stereocenters. The van der Waals surface area contributed by atoms with E-state index in [-0.39, 0.29) is 5.82 Å². The maximum atomic E-state index is 13.5. The van der Waals surface area contributed by atoms with Gasteiger partial charge in [-0.25, -0.2) is 4.39 Å². The van der Waals surface area contributed by atoms with Crippen LogP contribution in [0.3, 0.4) is 0 Å². The zero-order chi connectivity index (χ0) is 16.0. The molecule has 2 heterocycles. The van der Waals surface area contributed by atoms with E-state index in [1.54, 1.807) is 12.3 Å². The Morgan fingerprint density at radius 1 is 1.00 bits per heavy atom. The quantitative estimate of drug-likeness (QED) is 0.798. The van der Waals surface area contributed by atoms with Gasteiger partial charge in [-0.1, -0.05) is 18.2 Å². The minimum Gasteiger partial charge on any atom is -0.399 e. The summed E-state index contributed by atoms with van der Waals surface area (Å²) in [6.07, 6.45) is 1.69. The first-order valence-corrected chi connectivity index (χ1v) is 7.37. The van der Waals surface area contributed by atoms with Crippen LogP contribution in [0.5, 0.6) is 0 Å². The third-order valence-corrected chi connectivity index (χ3v) is 4.44. The minimum atomic E-state index is -0.517. The molecule has 0 atom stereocenters. The zero-order valence-corrected chi connectivity index (χ0v) is 13.3. The normalized spacial score (nSPS) is 19.4. The average Bonchev–Trinajstić information content (AvgIpc) is 2.67. The number of pyridine rings is 1. The van der Waals surface area contributed by atoms with Gasteiger partial charge >= 0.3 is 7.12 Å². The van der Waals surface area contributed by atoms with Gasteiger partial charge in [0, 0.05) is 17.2 Å². The monoisotopic (exact) mass is 299 g/mol. The Bertz CT molecular complexity index is 687. The summed E-state index contributed by atoms with van der Waals surface area (Å²) in [5.74, 6) is -0.289. The van der Waals surface area contributed by atoms with Gasteiger partial charge in [-0.05, 0) is 45.9 Å². The zero-order valence-electron chi connectivity index (χ0n) is 13.3. The van der Waals surface area contributed by atoms with Crippen molar-refractivity contribution >= 4 is 12.6 Å². The molecule has 1 aliphatic heterocycles. The fourth-order valence-corrected chi connectivity index (χ4v) is 2.45. The molecule has 0 aliphatic carbocycles. The van der Waals surface area contributed by atoms with Crippen LogP contribution in [0.15, 0.2) is 42.6 Å². The molecule has 3 rings (SSSR count). The number of halogens is 1. The van der Waals surface area contributed by atoms with Crippen molar-refractivity contribution in [1.82, 2.24) is 4.98 Å². The van der Waals surface area contributed by atoms with Crippen molar-refractivity contribution in [1.29, 1.82) is 0 Å². The van der Waals surface area contributed by atoms with Gasteiger partial charge in [0.2, 0.25) is 0 Å². The largest absolute Gasteiger partial charge is 0.497 e. The Kier molecular flexibility index (Phi) is 3.58. The fraction of sp³-hybridized carbons (Fsp3) is 0.353. The third kappa shape index (κ3) is 2.55. The predicted molar refractivity (Wildman–Crippen MR) is 85.3 cm³/mol. The summed E-state index contributed by atoms with van der Waals surface area (Å²) in [6.45, 7) is 8.02. The summed E-state index contributed by atoms with van der Waals surface area (Å²) in [6, 6.07) is 10.1. The Morgan fingerprint density at radius 2 is 1.68 bits per heavy atom. The molecular formula is C17H19BFNO2. The molecule has 1 saturated heterocycles. The Hall–Kier alpha value is -1.72. The van der Waals surface area contributed by atoms with Gasteiger partial charge in [0.05, 0.1) is 16.9 Å². The second-order valence-corrected chi connectivity index (χ2v) is 6.54. The molecule has 22 heavy (non-hydrogen) atoms. The molecule has 0 radical (unpaired) electrons. The fourth-order valence-electron chi connectivity index (χ4n) is 2.45. The second-order valence-electron chi connectivity index (χ2n) is 6.54. The Balaban J connectivity index is 2.04. The van der Waals surface area contributed by atoms with Crippen LogP contribution in [0.4, 0.5) is 4.39 Å². The molecule has 1 aromatic heterocycles. The smallest absolute Gasteiger partial charge is 0.399 e. The van der Waals surface area contributed by atoms with Crippen LogP contribution >= 0.6 is 0 Å². The molecule has 0 bridgehead atoms. The van der Waals surface area contributed by atoms with Gasteiger partial charge in [0.25, 0.3) is 0 Å². The van der Waals surface area contributed by atoms with Gasteiger partial charge < -0.3 is 9.31 Å². The van der Waals surface area contributed by atoms with Gasteiger partial charge in [0.1, 0.15) is 5.82 Å². The molecule has 1 aromatic carbocycles. The molecule has 1 aliphatic rings. The van der Waals surface area contributed by atoms with Gasteiger partial charge in [-0.15, -0.1) is 0 Å². The van der Waals surface area contributed by atoms with Crippen molar-refractivity contribution in [2.24, 2.45) is 0 Å². The summed E-state index contributed by atoms with van der Waals surface area (Å²) >= 11 is 0.